The summed E-state index contributed by atoms with van der Waals surface area (Å²) in [4.78, 5) is 8.70. The molecule has 0 bridgehead atoms. The van der Waals surface area contributed by atoms with Gasteiger partial charge in [-0.3, -0.25) is 9.98 Å². The van der Waals surface area contributed by atoms with Gasteiger partial charge in [-0.25, -0.2) is 0 Å². The lowest BCUT2D eigenvalue weighted by molar-refractivity contribution is 0.653. The number of nitrogens with one attached hydrogen (secondary N) is 1. The van der Waals surface area contributed by atoms with E-state index >= 15 is 0 Å². The van der Waals surface area contributed by atoms with Crippen LogP contribution in [0.4, 0.5) is 0 Å². The Morgan fingerprint density at radius 1 is 1.33 bits per heavy atom. The van der Waals surface area contributed by atoms with Gasteiger partial charge in [-0.1, -0.05) is 6.07 Å². The molecule has 0 atom stereocenters. The fraction of sp³-hybridized carbons (Fsp3) is 0.467. The Balaban J connectivity index is 2.72. The molecule has 0 amide bonds. The van der Waals surface area contributed by atoms with Crippen molar-refractivity contribution >= 4 is 6.21 Å². The zero-order chi connectivity index (χ0) is 13.4. The van der Waals surface area contributed by atoms with Crippen LogP contribution in [0.5, 0.6) is 0 Å². The van der Waals surface area contributed by atoms with Gasteiger partial charge in [0.05, 0.1) is 0 Å². The molecular weight excluding hydrogens is 222 g/mol. The van der Waals surface area contributed by atoms with Crippen LogP contribution >= 0.6 is 0 Å². The fourth-order valence-electron chi connectivity index (χ4n) is 1.53. The van der Waals surface area contributed by atoms with Crippen molar-refractivity contribution in [2.45, 2.75) is 46.2 Å². The maximum atomic E-state index is 4.35. The Hall–Kier alpha value is -1.64. The third kappa shape index (κ3) is 6.18. The summed E-state index contributed by atoms with van der Waals surface area (Å²) in [6, 6.07) is 6.72. The molecule has 0 saturated heterocycles. The molecule has 0 spiro atoms. The van der Waals surface area contributed by atoms with Crippen LogP contribution in [0.25, 0.3) is 0 Å². The quantitative estimate of drug-likeness (QED) is 0.782. The van der Waals surface area contributed by atoms with Crippen molar-refractivity contribution in [3.8, 4) is 0 Å². The van der Waals surface area contributed by atoms with E-state index in [2.05, 4.69) is 43.0 Å². The summed E-state index contributed by atoms with van der Waals surface area (Å²) in [7, 11) is 0. The molecule has 0 aliphatic heterocycles. The lowest BCUT2D eigenvalue weighted by atomic mass is 10.2. The van der Waals surface area contributed by atoms with Crippen molar-refractivity contribution in [3.63, 3.8) is 0 Å². The maximum Gasteiger partial charge on any atom is 0.0462 e. The molecule has 0 aliphatic carbocycles. The van der Waals surface area contributed by atoms with E-state index in [1.165, 1.54) is 0 Å². The first-order valence-electron chi connectivity index (χ1n) is 6.46. The number of allylic oxidation sites excluding steroid dienone is 2. The van der Waals surface area contributed by atoms with E-state index in [1.54, 1.807) is 0 Å². The van der Waals surface area contributed by atoms with Crippen molar-refractivity contribution in [2.75, 3.05) is 0 Å². The summed E-state index contributed by atoms with van der Waals surface area (Å²) >= 11 is 0. The van der Waals surface area contributed by atoms with Gasteiger partial charge >= 0.3 is 0 Å². The summed E-state index contributed by atoms with van der Waals surface area (Å²) in [5.74, 6) is 0. The second-order valence-electron chi connectivity index (χ2n) is 4.88. The minimum Gasteiger partial charge on any atom is -0.386 e. The standard InChI is InChI=1S/C15H23N3/c1-12(2)16-10-8-15(18-13(3)4)11-14-7-5-6-9-17-14/h5-10,12-13,18H,11H2,1-4H3. The molecule has 1 N–H and O–H groups in total. The Morgan fingerprint density at radius 2 is 2.11 bits per heavy atom. The van der Waals surface area contributed by atoms with Crippen LogP contribution in [0.2, 0.25) is 0 Å². The fourth-order valence-corrected chi connectivity index (χ4v) is 1.53. The van der Waals surface area contributed by atoms with Crippen molar-refractivity contribution in [1.82, 2.24) is 10.3 Å². The van der Waals surface area contributed by atoms with Gasteiger partial charge in [0.1, 0.15) is 0 Å². The second kappa shape index (κ2) is 7.64. The molecule has 18 heavy (non-hydrogen) atoms. The number of rotatable bonds is 6. The first-order chi connectivity index (χ1) is 8.58. The first-order valence-corrected chi connectivity index (χ1v) is 6.46. The zero-order valence-corrected chi connectivity index (χ0v) is 11.7. The molecule has 0 saturated carbocycles. The van der Waals surface area contributed by atoms with E-state index in [1.807, 2.05) is 36.7 Å². The molecule has 1 heterocycles. The highest BCUT2D eigenvalue weighted by molar-refractivity contribution is 5.72. The van der Waals surface area contributed by atoms with Crippen LogP contribution < -0.4 is 5.32 Å². The summed E-state index contributed by atoms with van der Waals surface area (Å²) in [5.41, 5.74) is 2.21. The number of nitrogens with zero attached hydrogens (tertiary/aromatic N) is 2. The molecule has 1 rings (SSSR count). The number of pyridine rings is 1. The van der Waals surface area contributed by atoms with E-state index in [-0.39, 0.29) is 0 Å². The van der Waals surface area contributed by atoms with Gasteiger partial charge in [0, 0.05) is 42.3 Å². The van der Waals surface area contributed by atoms with Gasteiger partial charge in [-0.15, -0.1) is 0 Å². The van der Waals surface area contributed by atoms with E-state index in [4.69, 9.17) is 0 Å². The van der Waals surface area contributed by atoms with Gasteiger partial charge < -0.3 is 5.32 Å². The van der Waals surface area contributed by atoms with Crippen LogP contribution in [0, 0.1) is 0 Å². The molecule has 0 unspecified atom stereocenters. The van der Waals surface area contributed by atoms with E-state index in [9.17, 15) is 0 Å². The molecule has 0 fully saturated rings. The zero-order valence-electron chi connectivity index (χ0n) is 11.7. The van der Waals surface area contributed by atoms with Gasteiger partial charge in [0.15, 0.2) is 0 Å². The largest absolute Gasteiger partial charge is 0.386 e. The van der Waals surface area contributed by atoms with Crippen molar-refractivity contribution in [1.29, 1.82) is 0 Å². The Morgan fingerprint density at radius 3 is 2.67 bits per heavy atom. The molecule has 98 valence electrons. The van der Waals surface area contributed by atoms with Crippen LogP contribution in [0.3, 0.4) is 0 Å². The van der Waals surface area contributed by atoms with E-state index < -0.39 is 0 Å². The molecule has 0 radical (unpaired) electrons. The topological polar surface area (TPSA) is 37.3 Å². The second-order valence-corrected chi connectivity index (χ2v) is 4.88. The van der Waals surface area contributed by atoms with Crippen molar-refractivity contribution in [2.24, 2.45) is 4.99 Å². The van der Waals surface area contributed by atoms with Crippen molar-refractivity contribution in [3.05, 3.63) is 41.9 Å². The minimum absolute atomic E-state index is 0.330. The van der Waals surface area contributed by atoms with Gasteiger partial charge in [-0.2, -0.15) is 0 Å². The first kappa shape index (κ1) is 14.4. The number of hydrogen-bond donors (Lipinski definition) is 1. The predicted molar refractivity (Wildman–Crippen MR) is 77.9 cm³/mol. The van der Waals surface area contributed by atoms with Gasteiger partial charge in [0.25, 0.3) is 0 Å². The summed E-state index contributed by atoms with van der Waals surface area (Å²) in [6.07, 6.45) is 6.54. The van der Waals surface area contributed by atoms with E-state index in [0.29, 0.717) is 12.1 Å². The third-order valence-electron chi connectivity index (χ3n) is 2.23. The monoisotopic (exact) mass is 245 g/mol. The summed E-state index contributed by atoms with van der Waals surface area (Å²) in [6.45, 7) is 8.40. The summed E-state index contributed by atoms with van der Waals surface area (Å²) in [5, 5.41) is 3.43. The molecule has 3 heteroatoms. The highest BCUT2D eigenvalue weighted by Gasteiger charge is 2.01. The van der Waals surface area contributed by atoms with Crippen LogP contribution in [-0.2, 0) is 6.42 Å². The lowest BCUT2D eigenvalue weighted by Crippen LogP contribution is -2.23. The smallest absolute Gasteiger partial charge is 0.0462 e. The normalized spacial score (nSPS) is 12.7. The minimum atomic E-state index is 0.330. The van der Waals surface area contributed by atoms with Crippen LogP contribution in [0.15, 0.2) is 41.2 Å². The number of aliphatic imine (C=N–C) groups is 1. The molecule has 1 aromatic heterocycles. The highest BCUT2D eigenvalue weighted by Crippen LogP contribution is 2.03. The Bertz CT molecular complexity index is 391. The van der Waals surface area contributed by atoms with Crippen LogP contribution in [0.1, 0.15) is 33.4 Å². The molecule has 1 aromatic rings. The summed E-state index contributed by atoms with van der Waals surface area (Å²) < 4.78 is 0. The highest BCUT2D eigenvalue weighted by atomic mass is 14.9. The number of hydrogen-bond acceptors (Lipinski definition) is 3. The molecule has 3 nitrogen and oxygen atoms in total. The Labute approximate surface area is 110 Å². The molecule has 0 aliphatic rings. The third-order valence-corrected chi connectivity index (χ3v) is 2.23. The maximum absolute atomic E-state index is 4.35. The average Bonchev–Trinajstić information content (AvgIpc) is 2.28. The van der Waals surface area contributed by atoms with Gasteiger partial charge in [-0.05, 0) is 45.9 Å². The predicted octanol–water partition coefficient (Wildman–Crippen LogP) is 2.99. The lowest BCUT2D eigenvalue weighted by Gasteiger charge is -2.13. The van der Waals surface area contributed by atoms with Crippen LogP contribution in [-0.4, -0.2) is 23.3 Å². The average molecular weight is 245 g/mol. The SMILES string of the molecule is CC(C)N=CC=C(Cc1ccccn1)NC(C)C. The molecule has 0 aromatic carbocycles. The van der Waals surface area contributed by atoms with Gasteiger partial charge in [0.2, 0.25) is 0 Å². The molecular formula is C15H23N3. The van der Waals surface area contributed by atoms with Crippen molar-refractivity contribution < 1.29 is 0 Å². The van der Waals surface area contributed by atoms with E-state index in [0.717, 1.165) is 17.8 Å². The Kier molecular flexibility index (Phi) is 6.12. The number of aromatic nitrogens is 1.